The molecule has 2 aromatic rings. The Balaban J connectivity index is 2.05. The van der Waals surface area contributed by atoms with Gasteiger partial charge < -0.3 is 14.8 Å². The van der Waals surface area contributed by atoms with Gasteiger partial charge in [0.25, 0.3) is 5.56 Å². The summed E-state index contributed by atoms with van der Waals surface area (Å²) in [4.78, 5) is 16.9. The Bertz CT molecular complexity index is 764. The van der Waals surface area contributed by atoms with Crippen LogP contribution in [0.3, 0.4) is 0 Å². The molecule has 1 aliphatic rings. The lowest BCUT2D eigenvalue weighted by Gasteiger charge is -2.25. The molecule has 0 fully saturated rings. The second-order valence-electron chi connectivity index (χ2n) is 4.53. The largest absolute Gasteiger partial charge is 0.507 e. The third-order valence-electron chi connectivity index (χ3n) is 3.27. The zero-order chi connectivity index (χ0) is 14.3. The van der Waals surface area contributed by atoms with Gasteiger partial charge in [-0.05, 0) is 37.2 Å². The number of hydrogen-bond donors (Lipinski definition) is 3. The molecule has 104 valence electrons. The Labute approximate surface area is 118 Å². The average molecular weight is 294 g/mol. The zero-order valence-corrected chi connectivity index (χ0v) is 11.1. The molecule has 0 spiro atoms. The summed E-state index contributed by atoms with van der Waals surface area (Å²) in [5, 5.41) is 9.78. The Hall–Kier alpha value is -2.15. The lowest BCUT2D eigenvalue weighted by Crippen LogP contribution is -2.24. The van der Waals surface area contributed by atoms with Crippen molar-refractivity contribution < 1.29 is 14.2 Å². The normalized spacial score (nSPS) is 17.4. The zero-order valence-electron chi connectivity index (χ0n) is 10.3. The van der Waals surface area contributed by atoms with E-state index in [0.717, 1.165) is 0 Å². The second-order valence-corrected chi connectivity index (χ2v) is 4.94. The molecule has 0 amide bonds. The lowest BCUT2D eigenvalue weighted by atomic mass is 9.98. The van der Waals surface area contributed by atoms with Gasteiger partial charge >= 0.3 is 0 Å². The third-order valence-corrected chi connectivity index (χ3v) is 3.47. The maximum Gasteiger partial charge on any atom is 0.258 e. The molecule has 0 bridgehead atoms. The maximum atomic E-state index is 13.8. The number of benzene rings is 1. The van der Waals surface area contributed by atoms with Gasteiger partial charge in [0.05, 0.1) is 11.1 Å². The maximum absolute atomic E-state index is 13.8. The van der Waals surface area contributed by atoms with Crippen molar-refractivity contribution in [3.05, 3.63) is 50.3 Å². The molecule has 2 heterocycles. The quantitative estimate of drug-likeness (QED) is 0.705. The molecule has 7 heteroatoms. The molecule has 3 N–H and O–H groups in total. The van der Waals surface area contributed by atoms with Crippen molar-refractivity contribution in [2.45, 2.75) is 18.9 Å². The van der Waals surface area contributed by atoms with Gasteiger partial charge in [-0.25, -0.2) is 4.39 Å². The van der Waals surface area contributed by atoms with Gasteiger partial charge in [0.15, 0.2) is 4.77 Å². The summed E-state index contributed by atoms with van der Waals surface area (Å²) in [6, 6.07) is 4.08. The minimum atomic E-state index is -0.656. The molecule has 0 saturated carbocycles. The van der Waals surface area contributed by atoms with Gasteiger partial charge in [0.2, 0.25) is 5.88 Å². The Morgan fingerprint density at radius 1 is 1.40 bits per heavy atom. The van der Waals surface area contributed by atoms with Crippen LogP contribution in [0.5, 0.6) is 11.6 Å². The van der Waals surface area contributed by atoms with Gasteiger partial charge in [-0.15, -0.1) is 0 Å². The number of nitrogens with one attached hydrogen (secondary N) is 2. The van der Waals surface area contributed by atoms with Crippen molar-refractivity contribution in [2.24, 2.45) is 0 Å². The fourth-order valence-electron chi connectivity index (χ4n) is 2.34. The number of aromatic amines is 2. The van der Waals surface area contributed by atoms with Crippen LogP contribution in [-0.4, -0.2) is 15.1 Å². The van der Waals surface area contributed by atoms with Crippen LogP contribution in [0, 0.1) is 10.6 Å². The Morgan fingerprint density at radius 3 is 2.95 bits per heavy atom. The second kappa shape index (κ2) is 4.75. The first kappa shape index (κ1) is 12.9. The highest BCUT2D eigenvalue weighted by molar-refractivity contribution is 7.71. The average Bonchev–Trinajstić information content (AvgIpc) is 2.37. The highest BCUT2D eigenvalue weighted by Crippen LogP contribution is 2.36. The summed E-state index contributed by atoms with van der Waals surface area (Å²) in [6.45, 7) is 0. The van der Waals surface area contributed by atoms with E-state index >= 15 is 0 Å². The molecule has 0 radical (unpaired) electrons. The Morgan fingerprint density at radius 2 is 2.20 bits per heavy atom. The molecule has 0 aliphatic carbocycles. The monoisotopic (exact) mass is 294 g/mol. The number of H-pyrrole nitrogens is 2. The fraction of sp³-hybridized carbons (Fsp3) is 0.231. The highest BCUT2D eigenvalue weighted by Gasteiger charge is 2.28. The minimum Gasteiger partial charge on any atom is -0.507 e. The first-order chi connectivity index (χ1) is 9.56. The number of phenolic OH excluding ortho intramolecular Hbond substituents is 1. The smallest absolute Gasteiger partial charge is 0.258 e. The van der Waals surface area contributed by atoms with Gasteiger partial charge in [0, 0.05) is 0 Å². The van der Waals surface area contributed by atoms with Crippen LogP contribution >= 0.6 is 12.2 Å². The van der Waals surface area contributed by atoms with Crippen LogP contribution in [0.1, 0.15) is 23.7 Å². The van der Waals surface area contributed by atoms with Gasteiger partial charge in [-0.2, -0.15) is 0 Å². The van der Waals surface area contributed by atoms with Crippen LogP contribution in [0.4, 0.5) is 4.39 Å². The molecule has 1 aliphatic heterocycles. The molecule has 1 aromatic heterocycles. The summed E-state index contributed by atoms with van der Waals surface area (Å²) < 4.78 is 19.6. The van der Waals surface area contributed by atoms with Crippen molar-refractivity contribution in [1.29, 1.82) is 0 Å². The molecule has 1 atom stereocenters. The minimum absolute atomic E-state index is 0.0951. The van der Waals surface area contributed by atoms with Crippen LogP contribution in [0.25, 0.3) is 0 Å². The molecule has 1 aromatic carbocycles. The fourth-order valence-corrected chi connectivity index (χ4v) is 2.53. The molecular weight excluding hydrogens is 283 g/mol. The van der Waals surface area contributed by atoms with Gasteiger partial charge in [0.1, 0.15) is 17.7 Å². The van der Waals surface area contributed by atoms with E-state index in [4.69, 9.17) is 17.0 Å². The van der Waals surface area contributed by atoms with E-state index < -0.39 is 11.9 Å². The standard InChI is InChI=1S/C13H11FN2O3S/c14-7-2-1-3-8(17)10(7)9-5-4-6-11(18)15-13(20)16-12(6)19-9/h1-3,9,17H,4-5H2,(H2,15,16,18,20). The van der Waals surface area contributed by atoms with E-state index in [0.29, 0.717) is 18.4 Å². The van der Waals surface area contributed by atoms with Gasteiger partial charge in [-0.1, -0.05) is 6.07 Å². The first-order valence-electron chi connectivity index (χ1n) is 6.06. The topological polar surface area (TPSA) is 78.1 Å². The van der Waals surface area contributed by atoms with Crippen molar-refractivity contribution >= 4 is 12.2 Å². The van der Waals surface area contributed by atoms with Crippen molar-refractivity contribution in [2.75, 3.05) is 0 Å². The summed E-state index contributed by atoms with van der Waals surface area (Å²) in [7, 11) is 0. The van der Waals surface area contributed by atoms with Crippen molar-refractivity contribution in [3.8, 4) is 11.6 Å². The highest BCUT2D eigenvalue weighted by atomic mass is 32.1. The van der Waals surface area contributed by atoms with E-state index in [2.05, 4.69) is 9.97 Å². The van der Waals surface area contributed by atoms with Crippen LogP contribution in [0.2, 0.25) is 0 Å². The summed E-state index contributed by atoms with van der Waals surface area (Å²) in [6.07, 6.45) is 0.154. The number of hydrogen-bond acceptors (Lipinski definition) is 4. The van der Waals surface area contributed by atoms with Crippen LogP contribution < -0.4 is 10.3 Å². The van der Waals surface area contributed by atoms with E-state index in [-0.39, 0.29) is 27.5 Å². The summed E-state index contributed by atoms with van der Waals surface area (Å²) >= 11 is 4.88. The first-order valence-corrected chi connectivity index (χ1v) is 6.46. The van der Waals surface area contributed by atoms with Crippen LogP contribution in [-0.2, 0) is 6.42 Å². The molecule has 5 nitrogen and oxygen atoms in total. The van der Waals surface area contributed by atoms with Crippen molar-refractivity contribution in [3.63, 3.8) is 0 Å². The number of aromatic nitrogens is 2. The molecule has 1 unspecified atom stereocenters. The van der Waals surface area contributed by atoms with E-state index in [1.165, 1.54) is 18.2 Å². The predicted molar refractivity (Wildman–Crippen MR) is 72.0 cm³/mol. The van der Waals surface area contributed by atoms with Crippen LogP contribution in [0.15, 0.2) is 23.0 Å². The van der Waals surface area contributed by atoms with Crippen molar-refractivity contribution in [1.82, 2.24) is 9.97 Å². The van der Waals surface area contributed by atoms with E-state index in [1.807, 2.05) is 0 Å². The summed E-state index contributed by atoms with van der Waals surface area (Å²) in [5.74, 6) is -0.471. The number of halogens is 1. The summed E-state index contributed by atoms with van der Waals surface area (Å²) in [5.41, 5.74) is 0.239. The van der Waals surface area contributed by atoms with E-state index in [9.17, 15) is 14.3 Å². The predicted octanol–water partition coefficient (Wildman–Crippen LogP) is 2.34. The molecule has 0 saturated heterocycles. The number of phenols is 1. The lowest BCUT2D eigenvalue weighted by molar-refractivity contribution is 0.158. The van der Waals surface area contributed by atoms with E-state index in [1.54, 1.807) is 0 Å². The number of fused-ring (bicyclic) bond motifs is 1. The molecule has 3 rings (SSSR count). The number of ether oxygens (including phenoxy) is 1. The number of rotatable bonds is 1. The van der Waals surface area contributed by atoms with Gasteiger partial charge in [-0.3, -0.25) is 9.78 Å². The molecular formula is C13H11FN2O3S. The molecule has 20 heavy (non-hydrogen) atoms. The SMILES string of the molecule is O=c1[nH]c(=S)[nH]c2c1CCC(c1c(O)cccc1F)O2. The third kappa shape index (κ3) is 2.09. The Kier molecular flexibility index (Phi) is 3.06. The number of aromatic hydroxyl groups is 1.